The fourth-order valence-electron chi connectivity index (χ4n) is 0.433. The van der Waals surface area contributed by atoms with E-state index in [2.05, 4.69) is 46.9 Å². The van der Waals surface area contributed by atoms with Crippen molar-refractivity contribution in [1.82, 2.24) is 0 Å². The summed E-state index contributed by atoms with van der Waals surface area (Å²) in [6.07, 6.45) is 1.38. The molecular formula is C19H21FeO10. The van der Waals surface area contributed by atoms with Gasteiger partial charge in [0.05, 0.1) is 17.9 Å². The van der Waals surface area contributed by atoms with Crippen molar-refractivity contribution in [3.63, 3.8) is 0 Å². The van der Waals surface area contributed by atoms with Gasteiger partial charge >= 0.3 is 17.1 Å². The predicted octanol–water partition coefficient (Wildman–Crippen LogP) is -2.48. The second-order valence-electron chi connectivity index (χ2n) is 3.73. The molecular weight excluding hydrogens is 444 g/mol. The predicted molar refractivity (Wildman–Crippen MR) is 96.1 cm³/mol. The number of carbonyl (C=O) groups is 3. The molecule has 30 heavy (non-hydrogen) atoms. The van der Waals surface area contributed by atoms with E-state index in [-0.39, 0.29) is 33.8 Å². The molecule has 0 rings (SSSR count). The van der Waals surface area contributed by atoms with Gasteiger partial charge in [-0.15, -0.1) is 0 Å². The van der Waals surface area contributed by atoms with E-state index in [0.29, 0.717) is 19.3 Å². The molecule has 0 unspecified atom stereocenters. The first-order valence-electron chi connectivity index (χ1n) is 7.03. The molecule has 0 fully saturated rings. The Labute approximate surface area is 187 Å². The third-order valence-electron chi connectivity index (χ3n) is 2.15. The molecule has 0 spiro atoms. The molecule has 0 bridgehead atoms. The standard InChI is InChI=1S/3C5H8O2.4CO.Fe/c3*1-3-4(2)5(6)7;4*1-2;/h3*2-3H2,1H3,(H,6,7);;;;;/q;;;;;;;+3/p-3. The summed E-state index contributed by atoms with van der Waals surface area (Å²) < 4.78 is 0. The molecule has 0 amide bonds. The number of carboxylic acid groups (broad SMARTS) is 3. The smallest absolute Gasteiger partial charge is 0.545 e. The van der Waals surface area contributed by atoms with Crippen LogP contribution in [0.1, 0.15) is 40.0 Å². The van der Waals surface area contributed by atoms with E-state index in [0.717, 1.165) is 0 Å². The van der Waals surface area contributed by atoms with Crippen molar-refractivity contribution in [3.05, 3.63) is 36.5 Å². The SMILES string of the molecule is C=C(CC)C(=O)[O-].C=C(CC)C(=O)[O-].C=C(CC)C(=O)[O-].[C]=O.[C]=O.[C]=O.[C]=O.[Fe+3]. The van der Waals surface area contributed by atoms with Crippen molar-refractivity contribution in [2.24, 2.45) is 0 Å². The van der Waals surface area contributed by atoms with Crippen LogP contribution in [-0.2, 0) is 50.6 Å². The summed E-state index contributed by atoms with van der Waals surface area (Å²) >= 11 is 0. The van der Waals surface area contributed by atoms with E-state index in [9.17, 15) is 29.7 Å². The van der Waals surface area contributed by atoms with Crippen LogP contribution in [0.3, 0.4) is 0 Å². The fourth-order valence-corrected chi connectivity index (χ4v) is 0.433. The first-order chi connectivity index (χ1) is 13.5. The minimum atomic E-state index is -1.15. The topological polar surface area (TPSA) is 189 Å². The molecule has 0 aliphatic heterocycles. The van der Waals surface area contributed by atoms with Gasteiger partial charge in [0, 0.05) is 0 Å². The van der Waals surface area contributed by atoms with Gasteiger partial charge in [0.25, 0.3) is 27.2 Å². The number of rotatable bonds is 6. The summed E-state index contributed by atoms with van der Waals surface area (Å²) in [6.45, 7) is 32.8. The van der Waals surface area contributed by atoms with Gasteiger partial charge in [0.15, 0.2) is 0 Å². The van der Waals surface area contributed by atoms with E-state index in [1.807, 2.05) is 0 Å². The van der Waals surface area contributed by atoms with Gasteiger partial charge in [0.1, 0.15) is 0 Å². The molecule has 11 heteroatoms. The molecule has 0 aromatic rings. The summed E-state index contributed by atoms with van der Waals surface area (Å²) in [5.41, 5.74) is 0.458. The first kappa shape index (κ1) is 50.5. The van der Waals surface area contributed by atoms with E-state index in [4.69, 9.17) is 19.2 Å². The Morgan fingerprint density at radius 3 is 0.633 bits per heavy atom. The molecule has 9 radical (unpaired) electrons. The zero-order valence-electron chi connectivity index (χ0n) is 16.7. The van der Waals surface area contributed by atoms with Gasteiger partial charge in [-0.3, -0.25) is 19.2 Å². The molecule has 10 nitrogen and oxygen atoms in total. The van der Waals surface area contributed by atoms with Crippen LogP contribution in [0.2, 0.25) is 0 Å². The normalized spacial score (nSPS) is 6.23. The second kappa shape index (κ2) is 50.1. The van der Waals surface area contributed by atoms with Crippen molar-refractivity contribution in [2.45, 2.75) is 40.0 Å². The summed E-state index contributed by atoms with van der Waals surface area (Å²) in [6, 6.07) is 0. The molecule has 0 saturated carbocycles. The number of hydrogen-bond acceptors (Lipinski definition) is 10. The zero-order valence-corrected chi connectivity index (χ0v) is 17.8. The van der Waals surface area contributed by atoms with E-state index < -0.39 is 17.9 Å². The number of carbonyl (C=O) groups excluding carboxylic acids is 7. The monoisotopic (exact) mass is 465 g/mol. The Kier molecular flexibility index (Phi) is 84.3. The number of aliphatic carboxylic acids is 3. The molecule has 0 aromatic heterocycles. The van der Waals surface area contributed by atoms with Crippen molar-refractivity contribution < 1.29 is 66.0 Å². The summed E-state index contributed by atoms with van der Waals surface area (Å²) in [4.78, 5) is 59.2. The second-order valence-corrected chi connectivity index (χ2v) is 3.73. The van der Waals surface area contributed by atoms with Gasteiger partial charge in [-0.05, 0) is 36.0 Å². The Bertz CT molecular complexity index is 406. The van der Waals surface area contributed by atoms with Crippen LogP contribution in [0, 0.1) is 0 Å². The van der Waals surface area contributed by atoms with Crippen LogP contribution in [0.25, 0.3) is 0 Å². The molecule has 0 atom stereocenters. The maximum Gasteiger partial charge on any atom is 3.00 e. The first-order valence-corrected chi connectivity index (χ1v) is 7.03. The minimum absolute atomic E-state index is 0. The summed E-state index contributed by atoms with van der Waals surface area (Å²) in [5, 5.41) is 29.2. The maximum absolute atomic E-state index is 9.72. The Hall–Kier alpha value is -3.17. The Morgan fingerprint density at radius 1 is 0.533 bits per heavy atom. The maximum atomic E-state index is 9.72. The van der Waals surface area contributed by atoms with Crippen LogP contribution < -0.4 is 15.3 Å². The van der Waals surface area contributed by atoms with Crippen LogP contribution in [-0.4, -0.2) is 45.1 Å². The van der Waals surface area contributed by atoms with Crippen LogP contribution >= 0.6 is 0 Å². The largest absolute Gasteiger partial charge is 3.00 e. The van der Waals surface area contributed by atoms with Gasteiger partial charge in [-0.25, -0.2) is 0 Å². The van der Waals surface area contributed by atoms with E-state index in [1.165, 1.54) is 0 Å². The van der Waals surface area contributed by atoms with Crippen molar-refractivity contribution in [3.8, 4) is 0 Å². The number of carboxylic acids is 3. The molecule has 0 aliphatic rings. The van der Waals surface area contributed by atoms with E-state index in [1.54, 1.807) is 20.8 Å². The van der Waals surface area contributed by atoms with Crippen molar-refractivity contribution in [1.29, 1.82) is 0 Å². The van der Waals surface area contributed by atoms with Crippen LogP contribution in [0.4, 0.5) is 0 Å². The summed E-state index contributed by atoms with van der Waals surface area (Å²) in [5.74, 6) is -3.45. The summed E-state index contributed by atoms with van der Waals surface area (Å²) in [7, 11) is 0. The number of hydrogen-bond donors (Lipinski definition) is 0. The Balaban J connectivity index is -0.0000000339. The quantitative estimate of drug-likeness (QED) is 0.300. The van der Waals surface area contributed by atoms with Gasteiger partial charge < -0.3 is 29.7 Å². The molecule has 0 N–H and O–H groups in total. The third kappa shape index (κ3) is 64.1. The van der Waals surface area contributed by atoms with Crippen LogP contribution in [0.15, 0.2) is 36.5 Å². The average Bonchev–Trinajstić information content (AvgIpc) is 2.77. The fraction of sp³-hybridized carbons (Fsp3) is 0.316. The minimum Gasteiger partial charge on any atom is -0.545 e. The van der Waals surface area contributed by atoms with Gasteiger partial charge in [-0.2, -0.15) is 0 Å². The molecule has 0 aliphatic carbocycles. The Morgan fingerprint density at radius 2 is 0.633 bits per heavy atom. The van der Waals surface area contributed by atoms with Crippen molar-refractivity contribution in [2.75, 3.05) is 0 Å². The molecule has 165 valence electrons. The van der Waals surface area contributed by atoms with E-state index >= 15 is 0 Å². The molecule has 0 heterocycles. The van der Waals surface area contributed by atoms with Gasteiger partial charge in [-0.1, -0.05) is 40.5 Å². The zero-order chi connectivity index (χ0) is 25.6. The van der Waals surface area contributed by atoms with Crippen LogP contribution in [0.5, 0.6) is 0 Å². The van der Waals surface area contributed by atoms with Crippen molar-refractivity contribution >= 4 is 45.1 Å². The molecule has 0 aromatic carbocycles. The van der Waals surface area contributed by atoms with Gasteiger partial charge in [0.2, 0.25) is 0 Å². The third-order valence-corrected chi connectivity index (χ3v) is 2.15. The average molecular weight is 465 g/mol. The molecule has 0 saturated heterocycles.